The average molecular weight is 334 g/mol. The number of nitrogens with one attached hydrogen (secondary N) is 3. The number of rotatable bonds is 7. The van der Waals surface area contributed by atoms with Crippen molar-refractivity contribution in [2.75, 3.05) is 24.7 Å². The van der Waals surface area contributed by atoms with Crippen molar-refractivity contribution in [2.45, 2.75) is 19.4 Å². The zero-order chi connectivity index (χ0) is 16.1. The van der Waals surface area contributed by atoms with Crippen molar-refractivity contribution < 1.29 is 13.2 Å². The maximum absolute atomic E-state index is 11.7. The van der Waals surface area contributed by atoms with Crippen molar-refractivity contribution in [1.29, 1.82) is 0 Å². The fourth-order valence-electron chi connectivity index (χ4n) is 1.80. The minimum atomic E-state index is -3.29. The highest BCUT2D eigenvalue weighted by molar-refractivity contribution is 7.88. The topological polar surface area (TPSA) is 87.3 Å². The van der Waals surface area contributed by atoms with E-state index in [0.717, 1.165) is 6.26 Å². The van der Waals surface area contributed by atoms with Crippen LogP contribution in [0.25, 0.3) is 0 Å². The van der Waals surface area contributed by atoms with E-state index in [4.69, 9.17) is 11.6 Å². The molecule has 21 heavy (non-hydrogen) atoms. The largest absolute Gasteiger partial charge is 0.325 e. The van der Waals surface area contributed by atoms with E-state index in [9.17, 15) is 13.2 Å². The smallest absolute Gasteiger partial charge is 0.238 e. The second-order valence-electron chi connectivity index (χ2n) is 5.42. The molecule has 0 atom stereocenters. The van der Waals surface area contributed by atoms with Crippen LogP contribution in [-0.2, 0) is 14.8 Å². The van der Waals surface area contributed by atoms with Gasteiger partial charge in [0.25, 0.3) is 0 Å². The van der Waals surface area contributed by atoms with E-state index in [0.29, 0.717) is 17.3 Å². The van der Waals surface area contributed by atoms with Crippen molar-refractivity contribution in [1.82, 2.24) is 10.0 Å². The van der Waals surface area contributed by atoms with Crippen LogP contribution in [0.3, 0.4) is 0 Å². The average Bonchev–Trinajstić information content (AvgIpc) is 2.24. The van der Waals surface area contributed by atoms with Crippen LogP contribution in [0, 0.1) is 0 Å². The monoisotopic (exact) mass is 333 g/mol. The lowest BCUT2D eigenvalue weighted by atomic mass is 10.1. The quantitative estimate of drug-likeness (QED) is 0.699. The molecule has 1 aromatic rings. The van der Waals surface area contributed by atoms with E-state index < -0.39 is 15.6 Å². The molecule has 0 unspecified atom stereocenters. The van der Waals surface area contributed by atoms with Gasteiger partial charge in [-0.05, 0) is 32.0 Å². The number of benzene rings is 1. The molecule has 118 valence electrons. The zero-order valence-corrected chi connectivity index (χ0v) is 13.8. The Bertz CT molecular complexity index is 602. The summed E-state index contributed by atoms with van der Waals surface area (Å²) in [7, 11) is -3.29. The first kappa shape index (κ1) is 17.9. The highest BCUT2D eigenvalue weighted by Gasteiger charge is 2.21. The molecular weight excluding hydrogens is 314 g/mol. The number of hydrogen-bond donors (Lipinski definition) is 3. The Morgan fingerprint density at radius 1 is 1.33 bits per heavy atom. The van der Waals surface area contributed by atoms with Crippen LogP contribution < -0.4 is 15.4 Å². The van der Waals surface area contributed by atoms with E-state index in [-0.39, 0.29) is 12.5 Å². The molecule has 0 aliphatic carbocycles. The van der Waals surface area contributed by atoms with Gasteiger partial charge in [0.15, 0.2) is 0 Å². The molecule has 6 nitrogen and oxygen atoms in total. The SMILES string of the molecule is CC(C)(CNCC(=O)Nc1cccc(Cl)c1)NS(C)(=O)=O. The molecule has 1 rings (SSSR count). The van der Waals surface area contributed by atoms with E-state index in [1.54, 1.807) is 38.1 Å². The Labute approximate surface area is 130 Å². The van der Waals surface area contributed by atoms with Gasteiger partial charge in [0.1, 0.15) is 0 Å². The third-order valence-corrected chi connectivity index (χ3v) is 3.58. The van der Waals surface area contributed by atoms with Gasteiger partial charge in [-0.2, -0.15) is 0 Å². The van der Waals surface area contributed by atoms with E-state index >= 15 is 0 Å². The Balaban J connectivity index is 2.40. The summed E-state index contributed by atoms with van der Waals surface area (Å²) in [5.41, 5.74) is -0.0629. The molecule has 0 heterocycles. The van der Waals surface area contributed by atoms with Gasteiger partial charge in [0, 0.05) is 22.8 Å². The zero-order valence-electron chi connectivity index (χ0n) is 12.2. The molecule has 0 saturated carbocycles. The molecule has 0 aromatic heterocycles. The van der Waals surface area contributed by atoms with E-state index in [2.05, 4.69) is 15.4 Å². The van der Waals surface area contributed by atoms with Crippen LogP contribution in [0.15, 0.2) is 24.3 Å². The van der Waals surface area contributed by atoms with Crippen molar-refractivity contribution in [2.24, 2.45) is 0 Å². The van der Waals surface area contributed by atoms with Gasteiger partial charge in [-0.15, -0.1) is 0 Å². The molecule has 0 radical (unpaired) electrons. The van der Waals surface area contributed by atoms with Crippen LogP contribution >= 0.6 is 11.6 Å². The molecule has 0 aliphatic rings. The number of halogens is 1. The van der Waals surface area contributed by atoms with Gasteiger partial charge < -0.3 is 10.6 Å². The highest BCUT2D eigenvalue weighted by Crippen LogP contribution is 2.14. The molecule has 0 bridgehead atoms. The van der Waals surface area contributed by atoms with Crippen LogP contribution in [0.2, 0.25) is 5.02 Å². The Morgan fingerprint density at radius 2 is 2.00 bits per heavy atom. The fraction of sp³-hybridized carbons (Fsp3) is 0.462. The number of amides is 1. The summed E-state index contributed by atoms with van der Waals surface area (Å²) in [5.74, 6) is -0.229. The molecule has 1 aromatic carbocycles. The van der Waals surface area contributed by atoms with Crippen molar-refractivity contribution in [3.63, 3.8) is 0 Å². The first-order valence-corrected chi connectivity index (χ1v) is 8.59. The number of anilines is 1. The molecule has 0 spiro atoms. The second kappa shape index (κ2) is 7.22. The lowest BCUT2D eigenvalue weighted by Crippen LogP contribution is -2.50. The summed E-state index contributed by atoms with van der Waals surface area (Å²) >= 11 is 5.82. The van der Waals surface area contributed by atoms with Crippen LogP contribution in [0.1, 0.15) is 13.8 Å². The Kier molecular flexibility index (Phi) is 6.15. The van der Waals surface area contributed by atoms with Crippen LogP contribution in [-0.4, -0.2) is 39.2 Å². The number of hydrogen-bond acceptors (Lipinski definition) is 4. The first-order valence-electron chi connectivity index (χ1n) is 6.32. The molecule has 0 saturated heterocycles. The predicted molar refractivity (Wildman–Crippen MR) is 85.0 cm³/mol. The molecule has 1 amide bonds. The summed E-state index contributed by atoms with van der Waals surface area (Å²) < 4.78 is 24.9. The molecule has 8 heteroatoms. The summed E-state index contributed by atoms with van der Waals surface area (Å²) in [6.07, 6.45) is 1.10. The predicted octanol–water partition coefficient (Wildman–Crippen LogP) is 1.20. The van der Waals surface area contributed by atoms with Crippen molar-refractivity contribution in [3.8, 4) is 0 Å². The van der Waals surface area contributed by atoms with Gasteiger partial charge in [-0.25, -0.2) is 13.1 Å². The van der Waals surface area contributed by atoms with Gasteiger partial charge >= 0.3 is 0 Å². The fourth-order valence-corrected chi connectivity index (χ4v) is 3.06. The molecule has 3 N–H and O–H groups in total. The lowest BCUT2D eigenvalue weighted by molar-refractivity contribution is -0.115. The molecule has 0 aliphatic heterocycles. The maximum Gasteiger partial charge on any atom is 0.238 e. The highest BCUT2D eigenvalue weighted by atomic mass is 35.5. The lowest BCUT2D eigenvalue weighted by Gasteiger charge is -2.25. The van der Waals surface area contributed by atoms with Gasteiger partial charge in [0.05, 0.1) is 12.8 Å². The van der Waals surface area contributed by atoms with Crippen LogP contribution in [0.5, 0.6) is 0 Å². The second-order valence-corrected chi connectivity index (χ2v) is 7.61. The third kappa shape index (κ3) is 8.01. The van der Waals surface area contributed by atoms with Crippen LogP contribution in [0.4, 0.5) is 5.69 Å². The number of sulfonamides is 1. The Hall–Kier alpha value is -1.15. The van der Waals surface area contributed by atoms with Gasteiger partial charge in [0.2, 0.25) is 15.9 Å². The minimum absolute atomic E-state index is 0.0708. The standard InChI is InChI=1S/C13H20ClN3O3S/c1-13(2,17-21(3,19)20)9-15-8-12(18)16-11-6-4-5-10(14)7-11/h4-7,15,17H,8-9H2,1-3H3,(H,16,18). The minimum Gasteiger partial charge on any atom is -0.325 e. The first-order chi connectivity index (χ1) is 9.57. The molecule has 0 fully saturated rings. The summed E-state index contributed by atoms with van der Waals surface area (Å²) in [4.78, 5) is 11.7. The van der Waals surface area contributed by atoms with E-state index in [1.807, 2.05) is 0 Å². The van der Waals surface area contributed by atoms with Gasteiger partial charge in [-0.3, -0.25) is 4.79 Å². The summed E-state index contributed by atoms with van der Waals surface area (Å²) in [5, 5.41) is 6.14. The summed E-state index contributed by atoms with van der Waals surface area (Å²) in [6.45, 7) is 3.86. The van der Waals surface area contributed by atoms with Crippen molar-refractivity contribution >= 4 is 33.2 Å². The number of carbonyl (C=O) groups excluding carboxylic acids is 1. The maximum atomic E-state index is 11.7. The Morgan fingerprint density at radius 3 is 2.57 bits per heavy atom. The van der Waals surface area contributed by atoms with Crippen molar-refractivity contribution in [3.05, 3.63) is 29.3 Å². The third-order valence-electron chi connectivity index (χ3n) is 2.42. The molecular formula is C13H20ClN3O3S. The summed E-state index contributed by atoms with van der Waals surface area (Å²) in [6, 6.07) is 6.84. The van der Waals surface area contributed by atoms with Gasteiger partial charge in [-0.1, -0.05) is 17.7 Å². The van der Waals surface area contributed by atoms with E-state index in [1.165, 1.54) is 0 Å². The normalized spacial score (nSPS) is 12.2. The number of carbonyl (C=O) groups is 1.